The minimum absolute atomic E-state index is 0.254. The van der Waals surface area contributed by atoms with Crippen molar-refractivity contribution in [3.63, 3.8) is 0 Å². The van der Waals surface area contributed by atoms with E-state index in [9.17, 15) is 4.79 Å². The Labute approximate surface area is 209 Å². The van der Waals surface area contributed by atoms with E-state index in [2.05, 4.69) is 36.2 Å². The first-order valence-electron chi connectivity index (χ1n) is 12.2. The quantitative estimate of drug-likeness (QED) is 0.379. The molecule has 0 atom stereocenters. The summed E-state index contributed by atoms with van der Waals surface area (Å²) in [5.74, 6) is 2.36. The van der Waals surface area contributed by atoms with Gasteiger partial charge in [0.05, 0.1) is 24.4 Å². The molecule has 0 bridgehead atoms. The second kappa shape index (κ2) is 10.5. The summed E-state index contributed by atoms with van der Waals surface area (Å²) in [4.78, 5) is 23.2. The highest BCUT2D eigenvalue weighted by molar-refractivity contribution is 7.15. The lowest BCUT2D eigenvalue weighted by atomic mass is 10.0. The number of aryl methyl sites for hydroxylation is 2. The summed E-state index contributed by atoms with van der Waals surface area (Å²) in [5.41, 5.74) is 5.11. The number of hydrogen-bond acceptors (Lipinski definition) is 6. The molecule has 1 aliphatic carbocycles. The largest absolute Gasteiger partial charge is 0.489 e. The molecule has 2 aromatic heterocycles. The molecule has 0 unspecified atom stereocenters. The molecule has 180 valence electrons. The van der Waals surface area contributed by atoms with Crippen LogP contribution in [0, 0.1) is 19.8 Å². The van der Waals surface area contributed by atoms with Crippen LogP contribution in [0.25, 0.3) is 10.4 Å². The zero-order chi connectivity index (χ0) is 23.5. The molecule has 34 heavy (non-hydrogen) atoms. The molecule has 1 aromatic carbocycles. The molecule has 1 aliphatic heterocycles. The molecule has 0 saturated heterocycles. The number of ether oxygens (including phenoxy) is 2. The van der Waals surface area contributed by atoms with Gasteiger partial charge in [-0.1, -0.05) is 12.8 Å². The molecule has 1 amide bonds. The van der Waals surface area contributed by atoms with Crippen LogP contribution in [-0.2, 0) is 17.8 Å². The normalized spacial score (nSPS) is 16.2. The van der Waals surface area contributed by atoms with Gasteiger partial charge in [-0.2, -0.15) is 0 Å². The molecule has 1 fully saturated rings. The van der Waals surface area contributed by atoms with Gasteiger partial charge >= 0.3 is 0 Å². The van der Waals surface area contributed by atoms with Crippen LogP contribution >= 0.6 is 22.7 Å². The Balaban J connectivity index is 1.39. The summed E-state index contributed by atoms with van der Waals surface area (Å²) in [6.07, 6.45) is 6.37. The van der Waals surface area contributed by atoms with Crippen molar-refractivity contribution in [2.24, 2.45) is 5.92 Å². The second-order valence-corrected chi connectivity index (χ2v) is 11.6. The van der Waals surface area contributed by atoms with Gasteiger partial charge in [-0.3, -0.25) is 4.79 Å². The molecule has 1 saturated carbocycles. The Bertz CT molecular complexity index is 1150. The van der Waals surface area contributed by atoms with Crippen LogP contribution in [0.2, 0.25) is 0 Å². The summed E-state index contributed by atoms with van der Waals surface area (Å²) in [7, 11) is 0. The smallest absolute Gasteiger partial charge is 0.223 e. The van der Waals surface area contributed by atoms with Gasteiger partial charge in [0, 0.05) is 39.6 Å². The lowest BCUT2D eigenvalue weighted by Crippen LogP contribution is -2.33. The third-order valence-electron chi connectivity index (χ3n) is 6.85. The highest BCUT2D eigenvalue weighted by Gasteiger charge is 2.26. The van der Waals surface area contributed by atoms with Crippen molar-refractivity contribution in [3.05, 3.63) is 50.8 Å². The Kier molecular flexibility index (Phi) is 7.21. The molecule has 2 aliphatic rings. The van der Waals surface area contributed by atoms with E-state index in [0.29, 0.717) is 38.6 Å². The summed E-state index contributed by atoms with van der Waals surface area (Å²) >= 11 is 3.45. The van der Waals surface area contributed by atoms with E-state index < -0.39 is 0 Å². The summed E-state index contributed by atoms with van der Waals surface area (Å²) in [6, 6.07) is 8.58. The van der Waals surface area contributed by atoms with Crippen molar-refractivity contribution in [2.45, 2.75) is 58.9 Å². The molecule has 0 radical (unpaired) electrons. The van der Waals surface area contributed by atoms with Crippen LogP contribution in [0.15, 0.2) is 29.8 Å². The summed E-state index contributed by atoms with van der Waals surface area (Å²) < 4.78 is 12.5. The fraction of sp³-hybridized carbons (Fsp3) is 0.481. The lowest BCUT2D eigenvalue weighted by Gasteiger charge is -2.22. The Morgan fingerprint density at radius 1 is 1.24 bits per heavy atom. The maximum Gasteiger partial charge on any atom is 0.223 e. The van der Waals surface area contributed by atoms with Crippen molar-refractivity contribution in [1.29, 1.82) is 0 Å². The third kappa shape index (κ3) is 5.31. The third-order valence-corrected chi connectivity index (χ3v) is 8.89. The Hall–Kier alpha value is -2.38. The van der Waals surface area contributed by atoms with Crippen molar-refractivity contribution in [3.8, 4) is 21.9 Å². The highest BCUT2D eigenvalue weighted by Crippen LogP contribution is 2.40. The zero-order valence-corrected chi connectivity index (χ0v) is 21.6. The monoisotopic (exact) mass is 496 g/mol. The number of aromatic nitrogens is 1. The molecule has 7 heteroatoms. The van der Waals surface area contributed by atoms with E-state index in [1.54, 1.807) is 22.7 Å². The number of carbonyl (C=O) groups excluding carboxylic acids is 1. The maximum atomic E-state index is 13.1. The minimum atomic E-state index is 0.254. The van der Waals surface area contributed by atoms with Gasteiger partial charge in [0.25, 0.3) is 0 Å². The number of benzene rings is 1. The molecular formula is C27H32N2O3S2. The maximum absolute atomic E-state index is 13.1. The predicted octanol–water partition coefficient (Wildman–Crippen LogP) is 6.41. The van der Waals surface area contributed by atoms with Crippen molar-refractivity contribution in [2.75, 3.05) is 19.8 Å². The fourth-order valence-corrected chi connectivity index (χ4v) is 6.56. The van der Waals surface area contributed by atoms with Crippen LogP contribution in [-0.4, -0.2) is 35.5 Å². The first kappa shape index (κ1) is 23.4. The lowest BCUT2D eigenvalue weighted by molar-refractivity contribution is -0.132. The number of carbonyl (C=O) groups is 1. The van der Waals surface area contributed by atoms with Gasteiger partial charge in [-0.05, 0) is 62.4 Å². The van der Waals surface area contributed by atoms with E-state index in [0.717, 1.165) is 34.7 Å². The predicted molar refractivity (Wildman–Crippen MR) is 138 cm³/mol. The number of nitrogens with zero attached hydrogens (tertiary/aromatic N) is 2. The van der Waals surface area contributed by atoms with Gasteiger partial charge in [0.15, 0.2) is 11.5 Å². The van der Waals surface area contributed by atoms with Gasteiger partial charge in [0.2, 0.25) is 5.91 Å². The molecular weight excluding hydrogens is 464 g/mol. The fourth-order valence-electron chi connectivity index (χ4n) is 4.95. The standard InChI is InChI=1S/C27H32N2O3S2/c1-18-7-8-25(34-18)21-14-22-16-29(26(30)13-20-5-3-4-6-20)10-12-32-27(22)23(15-21)31-11-9-24-19(2)28-17-33-24/h7-8,14-15,17,20H,3-6,9-13,16H2,1-2H3. The van der Waals surface area contributed by atoms with Crippen LogP contribution in [0.5, 0.6) is 11.5 Å². The molecule has 5 rings (SSSR count). The van der Waals surface area contributed by atoms with Gasteiger partial charge in [-0.15, -0.1) is 22.7 Å². The van der Waals surface area contributed by atoms with Crippen LogP contribution in [0.1, 0.15) is 53.1 Å². The molecule has 0 N–H and O–H groups in total. The van der Waals surface area contributed by atoms with Crippen LogP contribution < -0.4 is 9.47 Å². The van der Waals surface area contributed by atoms with Gasteiger partial charge in [0.1, 0.15) is 6.61 Å². The number of hydrogen-bond donors (Lipinski definition) is 0. The number of thiophene rings is 1. The SMILES string of the molecule is Cc1ccc(-c2cc3c(c(OCCc4scnc4C)c2)OCCN(C(=O)CC2CCCC2)C3)s1. The molecule has 0 spiro atoms. The van der Waals surface area contributed by atoms with Crippen molar-refractivity contribution in [1.82, 2.24) is 9.88 Å². The number of fused-ring (bicyclic) bond motifs is 1. The van der Waals surface area contributed by atoms with Gasteiger partial charge in [-0.25, -0.2) is 4.98 Å². The number of thiazole rings is 1. The van der Waals surface area contributed by atoms with Crippen molar-refractivity contribution < 1.29 is 14.3 Å². The Morgan fingerprint density at radius 2 is 2.09 bits per heavy atom. The average Bonchev–Trinajstić information content (AvgIpc) is 3.55. The van der Waals surface area contributed by atoms with E-state index in [-0.39, 0.29) is 5.91 Å². The molecule has 5 nitrogen and oxygen atoms in total. The van der Waals surface area contributed by atoms with Crippen molar-refractivity contribution >= 4 is 28.6 Å². The summed E-state index contributed by atoms with van der Waals surface area (Å²) in [5, 5.41) is 0. The first-order chi connectivity index (χ1) is 16.6. The van der Waals surface area contributed by atoms with E-state index in [4.69, 9.17) is 9.47 Å². The molecule has 3 aromatic rings. The van der Waals surface area contributed by atoms with Crippen LogP contribution in [0.3, 0.4) is 0 Å². The van der Waals surface area contributed by atoms with Gasteiger partial charge < -0.3 is 14.4 Å². The van der Waals surface area contributed by atoms with E-state index >= 15 is 0 Å². The van der Waals surface area contributed by atoms with Crippen LogP contribution in [0.4, 0.5) is 0 Å². The zero-order valence-electron chi connectivity index (χ0n) is 20.0. The minimum Gasteiger partial charge on any atom is -0.489 e. The number of amides is 1. The molecule has 3 heterocycles. The van der Waals surface area contributed by atoms with E-state index in [1.807, 2.05) is 17.3 Å². The average molecular weight is 497 g/mol. The van der Waals surface area contributed by atoms with E-state index in [1.165, 1.54) is 40.3 Å². The number of rotatable bonds is 7. The topological polar surface area (TPSA) is 51.7 Å². The first-order valence-corrected chi connectivity index (χ1v) is 13.9. The highest BCUT2D eigenvalue weighted by atomic mass is 32.1. The second-order valence-electron chi connectivity index (χ2n) is 9.35. The summed E-state index contributed by atoms with van der Waals surface area (Å²) in [6.45, 7) is 6.41. The Morgan fingerprint density at radius 3 is 2.82 bits per heavy atom.